The molecular formula is C17H27IN6. The lowest BCUT2D eigenvalue weighted by molar-refractivity contribution is 0.628. The molecule has 0 radical (unpaired) electrons. The van der Waals surface area contributed by atoms with Gasteiger partial charge >= 0.3 is 0 Å². The predicted octanol–water partition coefficient (Wildman–Crippen LogP) is 2.68. The van der Waals surface area contributed by atoms with Crippen LogP contribution in [0.5, 0.6) is 0 Å². The number of hydrogen-bond donors (Lipinski definition) is 2. The Morgan fingerprint density at radius 2 is 1.96 bits per heavy atom. The molecule has 0 bridgehead atoms. The number of aryl methyl sites for hydroxylation is 1. The topological polar surface area (TPSA) is 67.1 Å². The van der Waals surface area contributed by atoms with Gasteiger partial charge in [0.1, 0.15) is 18.7 Å². The number of guanidine groups is 1. The molecule has 0 fully saturated rings. The van der Waals surface area contributed by atoms with Crippen molar-refractivity contribution in [2.75, 3.05) is 13.1 Å². The van der Waals surface area contributed by atoms with Gasteiger partial charge in [0.15, 0.2) is 5.96 Å². The van der Waals surface area contributed by atoms with Crippen LogP contribution in [0.15, 0.2) is 41.7 Å². The zero-order valence-corrected chi connectivity index (χ0v) is 16.9. The quantitative estimate of drug-likeness (QED) is 0.393. The fourth-order valence-electron chi connectivity index (χ4n) is 2.40. The maximum Gasteiger partial charge on any atom is 0.191 e. The molecule has 2 aromatic rings. The van der Waals surface area contributed by atoms with Crippen molar-refractivity contribution < 1.29 is 0 Å². The minimum Gasteiger partial charge on any atom is -0.357 e. The fourth-order valence-corrected chi connectivity index (χ4v) is 2.40. The highest BCUT2D eigenvalue weighted by atomic mass is 127. The largest absolute Gasteiger partial charge is 0.357 e. The van der Waals surface area contributed by atoms with Gasteiger partial charge in [0.2, 0.25) is 0 Å². The average molecular weight is 442 g/mol. The number of rotatable bonds is 7. The van der Waals surface area contributed by atoms with Crippen molar-refractivity contribution in [3.63, 3.8) is 0 Å². The first kappa shape index (κ1) is 20.4. The number of benzene rings is 1. The molecule has 0 saturated heterocycles. The zero-order chi connectivity index (χ0) is 16.5. The summed E-state index contributed by atoms with van der Waals surface area (Å²) in [5.74, 6) is 2.12. The summed E-state index contributed by atoms with van der Waals surface area (Å²) in [6.07, 6.45) is 2.63. The maximum absolute atomic E-state index is 4.59. The smallest absolute Gasteiger partial charge is 0.191 e. The van der Waals surface area contributed by atoms with Crippen molar-refractivity contribution in [3.8, 4) is 0 Å². The van der Waals surface area contributed by atoms with Gasteiger partial charge in [-0.1, -0.05) is 37.3 Å². The first-order valence-electron chi connectivity index (χ1n) is 8.14. The molecule has 132 valence electrons. The van der Waals surface area contributed by atoms with Crippen LogP contribution in [0.1, 0.15) is 37.6 Å². The van der Waals surface area contributed by atoms with Gasteiger partial charge < -0.3 is 10.6 Å². The second kappa shape index (κ2) is 11.0. The van der Waals surface area contributed by atoms with E-state index in [1.54, 1.807) is 11.0 Å². The average Bonchev–Trinajstić information content (AvgIpc) is 2.99. The number of nitrogens with zero attached hydrogens (tertiary/aromatic N) is 4. The van der Waals surface area contributed by atoms with Crippen LogP contribution in [0.4, 0.5) is 0 Å². The van der Waals surface area contributed by atoms with Crippen LogP contribution in [0.3, 0.4) is 0 Å². The van der Waals surface area contributed by atoms with Crippen molar-refractivity contribution in [2.24, 2.45) is 12.0 Å². The lowest BCUT2D eigenvalue weighted by atomic mass is 9.97. The van der Waals surface area contributed by atoms with Crippen molar-refractivity contribution in [2.45, 2.75) is 32.7 Å². The van der Waals surface area contributed by atoms with Crippen molar-refractivity contribution >= 4 is 29.9 Å². The van der Waals surface area contributed by atoms with E-state index in [9.17, 15) is 0 Å². The molecule has 0 saturated carbocycles. The highest BCUT2D eigenvalue weighted by molar-refractivity contribution is 14.0. The Labute approximate surface area is 161 Å². The van der Waals surface area contributed by atoms with Crippen LogP contribution in [-0.2, 0) is 13.6 Å². The van der Waals surface area contributed by atoms with Crippen LogP contribution in [-0.4, -0.2) is 33.8 Å². The van der Waals surface area contributed by atoms with E-state index >= 15 is 0 Å². The SMILES string of the molecule is CCNC(=NCc1ncnn1C)NCC(CC)c1ccccc1.I. The minimum absolute atomic E-state index is 0. The summed E-state index contributed by atoms with van der Waals surface area (Å²) >= 11 is 0. The van der Waals surface area contributed by atoms with Gasteiger partial charge in [0, 0.05) is 26.1 Å². The van der Waals surface area contributed by atoms with E-state index in [0.29, 0.717) is 12.5 Å². The molecule has 1 heterocycles. The standard InChI is InChI=1S/C17H26N6.HI/c1-4-14(15-9-7-6-8-10-15)11-19-17(18-5-2)20-12-16-21-13-22-23(16)3;/h6-10,13-14H,4-5,11-12H2,1-3H3,(H2,18,19,20);1H. The molecule has 1 atom stereocenters. The van der Waals surface area contributed by atoms with Crippen molar-refractivity contribution in [3.05, 3.63) is 48.0 Å². The third-order valence-electron chi connectivity index (χ3n) is 3.81. The molecule has 0 aliphatic rings. The van der Waals surface area contributed by atoms with E-state index in [1.165, 1.54) is 5.56 Å². The summed E-state index contributed by atoms with van der Waals surface area (Å²) in [6.45, 7) is 6.46. The highest BCUT2D eigenvalue weighted by Gasteiger charge is 2.10. The van der Waals surface area contributed by atoms with Gasteiger partial charge in [-0.05, 0) is 18.9 Å². The molecule has 24 heavy (non-hydrogen) atoms. The summed E-state index contributed by atoms with van der Waals surface area (Å²) in [5.41, 5.74) is 1.35. The molecule has 1 unspecified atom stereocenters. The Balaban J connectivity index is 0.00000288. The maximum atomic E-state index is 4.59. The van der Waals surface area contributed by atoms with Gasteiger partial charge in [0.05, 0.1) is 0 Å². The number of halogens is 1. The normalized spacial score (nSPS) is 12.4. The van der Waals surface area contributed by atoms with Crippen LogP contribution in [0.2, 0.25) is 0 Å². The van der Waals surface area contributed by atoms with Crippen molar-refractivity contribution in [1.82, 2.24) is 25.4 Å². The van der Waals surface area contributed by atoms with E-state index in [0.717, 1.165) is 31.3 Å². The summed E-state index contributed by atoms with van der Waals surface area (Å²) in [4.78, 5) is 8.78. The van der Waals surface area contributed by atoms with E-state index in [-0.39, 0.29) is 24.0 Å². The lowest BCUT2D eigenvalue weighted by Crippen LogP contribution is -2.39. The third-order valence-corrected chi connectivity index (χ3v) is 3.81. The van der Waals surface area contributed by atoms with E-state index in [2.05, 4.69) is 69.9 Å². The Hall–Kier alpha value is -1.64. The summed E-state index contributed by atoms with van der Waals surface area (Å²) in [5, 5.41) is 10.8. The zero-order valence-electron chi connectivity index (χ0n) is 14.6. The molecule has 2 rings (SSSR count). The first-order chi connectivity index (χ1) is 11.2. The van der Waals surface area contributed by atoms with Crippen LogP contribution in [0.25, 0.3) is 0 Å². The monoisotopic (exact) mass is 442 g/mol. The fraction of sp³-hybridized carbons (Fsp3) is 0.471. The van der Waals surface area contributed by atoms with Crippen LogP contribution >= 0.6 is 24.0 Å². The molecule has 1 aromatic heterocycles. The lowest BCUT2D eigenvalue weighted by Gasteiger charge is -2.18. The summed E-state index contributed by atoms with van der Waals surface area (Å²) < 4.78 is 1.74. The first-order valence-corrected chi connectivity index (χ1v) is 8.14. The minimum atomic E-state index is 0. The number of aromatic nitrogens is 3. The summed E-state index contributed by atoms with van der Waals surface area (Å²) in [6, 6.07) is 10.6. The highest BCUT2D eigenvalue weighted by Crippen LogP contribution is 2.17. The van der Waals surface area contributed by atoms with Gasteiger partial charge in [-0.25, -0.2) is 9.98 Å². The number of aliphatic imine (C=N–C) groups is 1. The molecule has 1 aromatic carbocycles. The summed E-state index contributed by atoms with van der Waals surface area (Å²) in [7, 11) is 1.88. The van der Waals surface area contributed by atoms with E-state index in [1.807, 2.05) is 7.05 Å². The molecule has 0 amide bonds. The van der Waals surface area contributed by atoms with E-state index in [4.69, 9.17) is 0 Å². The predicted molar refractivity (Wildman–Crippen MR) is 109 cm³/mol. The van der Waals surface area contributed by atoms with Gasteiger partial charge in [-0.15, -0.1) is 24.0 Å². The third kappa shape index (κ3) is 6.10. The van der Waals surface area contributed by atoms with E-state index < -0.39 is 0 Å². The molecule has 0 aliphatic heterocycles. The van der Waals surface area contributed by atoms with Crippen LogP contribution < -0.4 is 10.6 Å². The molecule has 0 aliphatic carbocycles. The second-order valence-corrected chi connectivity index (χ2v) is 5.39. The number of hydrogen-bond acceptors (Lipinski definition) is 3. The Morgan fingerprint density at radius 1 is 1.21 bits per heavy atom. The Morgan fingerprint density at radius 3 is 2.54 bits per heavy atom. The molecule has 7 heteroatoms. The number of nitrogens with one attached hydrogen (secondary N) is 2. The second-order valence-electron chi connectivity index (χ2n) is 5.39. The Bertz CT molecular complexity index is 611. The Kier molecular flexibility index (Phi) is 9.36. The van der Waals surface area contributed by atoms with Gasteiger partial charge in [0.25, 0.3) is 0 Å². The van der Waals surface area contributed by atoms with Gasteiger partial charge in [-0.2, -0.15) is 5.10 Å². The van der Waals surface area contributed by atoms with Crippen molar-refractivity contribution in [1.29, 1.82) is 0 Å². The molecule has 0 spiro atoms. The van der Waals surface area contributed by atoms with Crippen LogP contribution in [0, 0.1) is 0 Å². The molecule has 6 nitrogen and oxygen atoms in total. The molecular weight excluding hydrogens is 415 g/mol. The molecule has 2 N–H and O–H groups in total. The van der Waals surface area contributed by atoms with Gasteiger partial charge in [-0.3, -0.25) is 4.68 Å².